The van der Waals surface area contributed by atoms with E-state index >= 15 is 0 Å². The number of aromatic nitrogens is 1. The van der Waals surface area contributed by atoms with Crippen LogP contribution in [-0.2, 0) is 9.59 Å². The van der Waals surface area contributed by atoms with Gasteiger partial charge in [-0.2, -0.15) is 0 Å². The number of rotatable bonds is 3. The summed E-state index contributed by atoms with van der Waals surface area (Å²) in [6, 6.07) is 11.4. The van der Waals surface area contributed by atoms with Crippen LogP contribution in [0.25, 0.3) is 0 Å². The SMILES string of the molecule is Cc1cccc(C)c1N1C(=O)C[C@H](N2CCN(c3ccccn3)CC2)C1=O. The molecule has 0 radical (unpaired) electrons. The zero-order valence-electron chi connectivity index (χ0n) is 15.8. The van der Waals surface area contributed by atoms with Crippen LogP contribution in [0.4, 0.5) is 11.5 Å². The molecule has 2 saturated heterocycles. The highest BCUT2D eigenvalue weighted by Crippen LogP contribution is 2.31. The standard InChI is InChI=1S/C21H24N4O2/c1-15-6-5-7-16(2)20(15)25-19(26)14-17(21(25)27)23-10-12-24(13-11-23)18-8-3-4-9-22-18/h3-9,17H,10-14H2,1-2H3/t17-/m0/s1. The van der Waals surface area contributed by atoms with Crippen LogP contribution in [0.2, 0.25) is 0 Å². The fraction of sp³-hybridized carbons (Fsp3) is 0.381. The highest BCUT2D eigenvalue weighted by Gasteiger charge is 2.44. The fourth-order valence-corrected chi connectivity index (χ4v) is 4.10. The molecular weight excluding hydrogens is 340 g/mol. The van der Waals surface area contributed by atoms with Crippen LogP contribution in [0.1, 0.15) is 17.5 Å². The summed E-state index contributed by atoms with van der Waals surface area (Å²) in [6.07, 6.45) is 2.06. The fourth-order valence-electron chi connectivity index (χ4n) is 4.10. The Bertz CT molecular complexity index is 839. The van der Waals surface area contributed by atoms with Gasteiger partial charge in [0.1, 0.15) is 5.82 Å². The molecule has 2 amide bonds. The number of carbonyl (C=O) groups excluding carboxylic acids is 2. The Morgan fingerprint density at radius 2 is 1.63 bits per heavy atom. The summed E-state index contributed by atoms with van der Waals surface area (Å²) < 4.78 is 0. The predicted octanol–water partition coefficient (Wildman–Crippen LogP) is 2.15. The third-order valence-electron chi connectivity index (χ3n) is 5.51. The van der Waals surface area contributed by atoms with Crippen LogP contribution < -0.4 is 9.80 Å². The van der Waals surface area contributed by atoms with E-state index in [9.17, 15) is 9.59 Å². The summed E-state index contributed by atoms with van der Waals surface area (Å²) in [6.45, 7) is 7.00. The van der Waals surface area contributed by atoms with Crippen molar-refractivity contribution in [3.05, 3.63) is 53.7 Å². The number of anilines is 2. The number of hydrogen-bond acceptors (Lipinski definition) is 5. The molecule has 2 aliphatic heterocycles. The number of para-hydroxylation sites is 1. The van der Waals surface area contributed by atoms with Gasteiger partial charge in [-0.3, -0.25) is 14.5 Å². The molecule has 6 nitrogen and oxygen atoms in total. The smallest absolute Gasteiger partial charge is 0.251 e. The molecular formula is C21H24N4O2. The van der Waals surface area contributed by atoms with Crippen molar-refractivity contribution in [3.8, 4) is 0 Å². The molecule has 0 unspecified atom stereocenters. The maximum atomic E-state index is 13.1. The number of nitrogens with zero attached hydrogens (tertiary/aromatic N) is 4. The molecule has 2 aromatic rings. The number of pyridine rings is 1. The first-order valence-corrected chi connectivity index (χ1v) is 9.39. The molecule has 1 atom stereocenters. The number of hydrogen-bond donors (Lipinski definition) is 0. The molecule has 140 valence electrons. The van der Waals surface area contributed by atoms with Gasteiger partial charge in [-0.15, -0.1) is 0 Å². The lowest BCUT2D eigenvalue weighted by molar-refractivity contribution is -0.123. The second-order valence-corrected chi connectivity index (χ2v) is 7.24. The van der Waals surface area contributed by atoms with Gasteiger partial charge in [0.25, 0.3) is 5.91 Å². The minimum absolute atomic E-state index is 0.0938. The molecule has 1 aromatic carbocycles. The second kappa shape index (κ2) is 7.12. The van der Waals surface area contributed by atoms with Crippen LogP contribution in [0.15, 0.2) is 42.6 Å². The van der Waals surface area contributed by atoms with E-state index in [0.717, 1.165) is 48.8 Å². The molecule has 0 aliphatic carbocycles. The van der Waals surface area contributed by atoms with Gasteiger partial charge in [-0.25, -0.2) is 9.88 Å². The summed E-state index contributed by atoms with van der Waals surface area (Å²) in [4.78, 5) is 36.0. The summed E-state index contributed by atoms with van der Waals surface area (Å²) in [5.41, 5.74) is 2.66. The number of carbonyl (C=O) groups is 2. The van der Waals surface area contributed by atoms with E-state index in [4.69, 9.17) is 0 Å². The van der Waals surface area contributed by atoms with Crippen molar-refractivity contribution in [1.29, 1.82) is 0 Å². The molecule has 27 heavy (non-hydrogen) atoms. The number of imide groups is 1. The number of amides is 2. The number of aryl methyl sites for hydroxylation is 2. The van der Waals surface area contributed by atoms with Gasteiger partial charge in [0, 0.05) is 32.4 Å². The summed E-state index contributed by atoms with van der Waals surface area (Å²) >= 11 is 0. The van der Waals surface area contributed by atoms with Gasteiger partial charge in [-0.05, 0) is 37.1 Å². The largest absolute Gasteiger partial charge is 0.354 e. The van der Waals surface area contributed by atoms with Gasteiger partial charge in [0.05, 0.1) is 18.2 Å². The lowest BCUT2D eigenvalue weighted by Crippen LogP contribution is -2.52. The van der Waals surface area contributed by atoms with E-state index in [1.54, 1.807) is 6.20 Å². The second-order valence-electron chi connectivity index (χ2n) is 7.24. The van der Waals surface area contributed by atoms with E-state index in [0.29, 0.717) is 0 Å². The van der Waals surface area contributed by atoms with Crippen molar-refractivity contribution < 1.29 is 9.59 Å². The molecule has 1 aromatic heterocycles. The third-order valence-corrected chi connectivity index (χ3v) is 5.51. The van der Waals surface area contributed by atoms with Crippen molar-refractivity contribution in [3.63, 3.8) is 0 Å². The first-order chi connectivity index (χ1) is 13.1. The summed E-state index contributed by atoms with van der Waals surface area (Å²) in [7, 11) is 0. The van der Waals surface area contributed by atoms with Gasteiger partial charge in [0.2, 0.25) is 5.91 Å². The van der Waals surface area contributed by atoms with E-state index < -0.39 is 0 Å². The van der Waals surface area contributed by atoms with Crippen molar-refractivity contribution in [2.24, 2.45) is 0 Å². The molecule has 2 aliphatic rings. The summed E-state index contributed by atoms with van der Waals surface area (Å²) in [5.74, 6) is 0.765. The monoisotopic (exact) mass is 364 g/mol. The van der Waals surface area contributed by atoms with Crippen molar-refractivity contribution in [2.75, 3.05) is 36.0 Å². The maximum Gasteiger partial charge on any atom is 0.251 e. The average molecular weight is 364 g/mol. The summed E-state index contributed by atoms with van der Waals surface area (Å²) in [5, 5.41) is 0. The predicted molar refractivity (Wildman–Crippen MR) is 105 cm³/mol. The van der Waals surface area contributed by atoms with Crippen LogP contribution in [0, 0.1) is 13.8 Å². The Morgan fingerprint density at radius 1 is 0.926 bits per heavy atom. The van der Waals surface area contributed by atoms with E-state index in [1.165, 1.54) is 4.90 Å². The molecule has 4 rings (SSSR count). The first kappa shape index (κ1) is 17.7. The van der Waals surface area contributed by atoms with E-state index in [2.05, 4.69) is 14.8 Å². The highest BCUT2D eigenvalue weighted by atomic mass is 16.2. The van der Waals surface area contributed by atoms with Crippen molar-refractivity contribution >= 4 is 23.3 Å². The van der Waals surface area contributed by atoms with Crippen LogP contribution in [0.5, 0.6) is 0 Å². The van der Waals surface area contributed by atoms with Crippen LogP contribution >= 0.6 is 0 Å². The highest BCUT2D eigenvalue weighted by molar-refractivity contribution is 6.23. The zero-order chi connectivity index (χ0) is 19.0. The Labute approximate surface area is 159 Å². The topological polar surface area (TPSA) is 56.8 Å². The van der Waals surface area contributed by atoms with Crippen LogP contribution in [-0.4, -0.2) is 53.9 Å². The lowest BCUT2D eigenvalue weighted by atomic mass is 10.1. The van der Waals surface area contributed by atoms with E-state index in [-0.39, 0.29) is 24.3 Å². The average Bonchev–Trinajstić information content (AvgIpc) is 2.97. The lowest BCUT2D eigenvalue weighted by Gasteiger charge is -2.37. The Balaban J connectivity index is 1.49. The quantitative estimate of drug-likeness (QED) is 0.781. The Morgan fingerprint density at radius 3 is 2.26 bits per heavy atom. The zero-order valence-corrected chi connectivity index (χ0v) is 15.8. The van der Waals surface area contributed by atoms with Gasteiger partial charge < -0.3 is 4.90 Å². The maximum absolute atomic E-state index is 13.1. The molecule has 6 heteroatoms. The Kier molecular flexibility index (Phi) is 4.66. The molecule has 3 heterocycles. The van der Waals surface area contributed by atoms with Crippen molar-refractivity contribution in [1.82, 2.24) is 9.88 Å². The minimum Gasteiger partial charge on any atom is -0.354 e. The number of benzene rings is 1. The molecule has 0 saturated carbocycles. The molecule has 0 spiro atoms. The van der Waals surface area contributed by atoms with Crippen LogP contribution in [0.3, 0.4) is 0 Å². The Hall–Kier alpha value is -2.73. The molecule has 0 N–H and O–H groups in total. The van der Waals surface area contributed by atoms with Gasteiger partial charge in [0.15, 0.2) is 0 Å². The third kappa shape index (κ3) is 3.21. The minimum atomic E-state index is -0.359. The first-order valence-electron chi connectivity index (χ1n) is 9.39. The van der Waals surface area contributed by atoms with Gasteiger partial charge >= 0.3 is 0 Å². The van der Waals surface area contributed by atoms with Crippen molar-refractivity contribution in [2.45, 2.75) is 26.3 Å². The van der Waals surface area contributed by atoms with Gasteiger partial charge in [-0.1, -0.05) is 24.3 Å². The van der Waals surface area contributed by atoms with E-state index in [1.807, 2.05) is 50.2 Å². The number of piperazine rings is 1. The molecule has 0 bridgehead atoms. The normalized spacial score (nSPS) is 21.2. The molecule has 2 fully saturated rings.